The smallest absolute Gasteiger partial charge is 0.0724 e. The maximum Gasteiger partial charge on any atom is 0.0724 e. The lowest BCUT2D eigenvalue weighted by atomic mass is 10.1. The van der Waals surface area contributed by atoms with E-state index < -0.39 is 0 Å². The van der Waals surface area contributed by atoms with E-state index in [4.69, 9.17) is 4.74 Å². The van der Waals surface area contributed by atoms with Crippen LogP contribution >= 0.6 is 0 Å². The third-order valence-electron chi connectivity index (χ3n) is 2.97. The van der Waals surface area contributed by atoms with E-state index in [0.717, 1.165) is 25.7 Å². The SMILES string of the molecule is CC(C)(C)O[C@H]1C[C@H]2CNCCN2C1. The highest BCUT2D eigenvalue weighted by Crippen LogP contribution is 2.24. The fraction of sp³-hybridized carbons (Fsp3) is 1.00. The van der Waals surface area contributed by atoms with Gasteiger partial charge in [0.25, 0.3) is 0 Å². The summed E-state index contributed by atoms with van der Waals surface area (Å²) in [4.78, 5) is 2.56. The average Bonchev–Trinajstić information content (AvgIpc) is 2.42. The summed E-state index contributed by atoms with van der Waals surface area (Å²) < 4.78 is 6.02. The van der Waals surface area contributed by atoms with E-state index in [0.29, 0.717) is 6.10 Å². The van der Waals surface area contributed by atoms with Gasteiger partial charge in [-0.3, -0.25) is 4.90 Å². The Labute approximate surface area is 86.8 Å². The number of hydrogen-bond donors (Lipinski definition) is 1. The summed E-state index contributed by atoms with van der Waals surface area (Å²) in [7, 11) is 0. The fourth-order valence-electron chi connectivity index (χ4n) is 2.50. The molecule has 2 heterocycles. The van der Waals surface area contributed by atoms with Crippen molar-refractivity contribution in [3.63, 3.8) is 0 Å². The summed E-state index contributed by atoms with van der Waals surface area (Å²) in [5.74, 6) is 0. The van der Waals surface area contributed by atoms with Gasteiger partial charge in [-0.1, -0.05) is 0 Å². The van der Waals surface area contributed by atoms with Crippen molar-refractivity contribution in [3.05, 3.63) is 0 Å². The van der Waals surface area contributed by atoms with Gasteiger partial charge in [-0.25, -0.2) is 0 Å². The van der Waals surface area contributed by atoms with Crippen LogP contribution in [0.5, 0.6) is 0 Å². The van der Waals surface area contributed by atoms with Gasteiger partial charge in [-0.05, 0) is 27.2 Å². The minimum Gasteiger partial charge on any atom is -0.371 e. The lowest BCUT2D eigenvalue weighted by Crippen LogP contribution is -2.47. The Morgan fingerprint density at radius 2 is 2.14 bits per heavy atom. The molecule has 0 radical (unpaired) electrons. The third-order valence-corrected chi connectivity index (χ3v) is 2.97. The van der Waals surface area contributed by atoms with Crippen LogP contribution in [0.1, 0.15) is 27.2 Å². The summed E-state index contributed by atoms with van der Waals surface area (Å²) in [5.41, 5.74) is 0.00666. The standard InChI is InChI=1S/C11H22N2O/c1-11(2,3)14-10-6-9-7-12-4-5-13(9)8-10/h9-10,12H,4-8H2,1-3H3/t9-,10-/m0/s1. The van der Waals surface area contributed by atoms with Crippen LogP contribution < -0.4 is 5.32 Å². The normalized spacial score (nSPS) is 34.5. The van der Waals surface area contributed by atoms with Crippen LogP contribution in [0.4, 0.5) is 0 Å². The Balaban J connectivity index is 1.87. The van der Waals surface area contributed by atoms with Crippen LogP contribution in [-0.4, -0.2) is 48.8 Å². The van der Waals surface area contributed by atoms with Gasteiger partial charge >= 0.3 is 0 Å². The van der Waals surface area contributed by atoms with E-state index >= 15 is 0 Å². The average molecular weight is 198 g/mol. The number of fused-ring (bicyclic) bond motifs is 1. The van der Waals surface area contributed by atoms with Crippen LogP contribution in [0.25, 0.3) is 0 Å². The maximum absolute atomic E-state index is 6.02. The molecule has 0 aromatic rings. The molecule has 0 bridgehead atoms. The molecule has 2 atom stereocenters. The van der Waals surface area contributed by atoms with Crippen molar-refractivity contribution in [3.8, 4) is 0 Å². The molecule has 0 spiro atoms. The quantitative estimate of drug-likeness (QED) is 0.676. The zero-order valence-corrected chi connectivity index (χ0v) is 9.55. The summed E-state index contributed by atoms with van der Waals surface area (Å²) in [5, 5.41) is 3.44. The van der Waals surface area contributed by atoms with Crippen LogP contribution in [0.3, 0.4) is 0 Å². The van der Waals surface area contributed by atoms with E-state index in [1.54, 1.807) is 0 Å². The molecule has 14 heavy (non-hydrogen) atoms. The fourth-order valence-corrected chi connectivity index (χ4v) is 2.50. The molecule has 3 nitrogen and oxygen atoms in total. The van der Waals surface area contributed by atoms with Crippen molar-refractivity contribution in [1.82, 2.24) is 10.2 Å². The molecule has 0 unspecified atom stereocenters. The molecular formula is C11H22N2O. The van der Waals surface area contributed by atoms with Gasteiger partial charge in [0.15, 0.2) is 0 Å². The Morgan fingerprint density at radius 1 is 1.36 bits per heavy atom. The molecule has 0 amide bonds. The van der Waals surface area contributed by atoms with Crippen molar-refractivity contribution in [2.24, 2.45) is 0 Å². The minimum atomic E-state index is 0.00666. The van der Waals surface area contributed by atoms with Gasteiger partial charge in [0.05, 0.1) is 11.7 Å². The highest BCUT2D eigenvalue weighted by atomic mass is 16.5. The molecule has 2 aliphatic rings. The molecule has 0 saturated carbocycles. The lowest BCUT2D eigenvalue weighted by Gasteiger charge is -2.29. The topological polar surface area (TPSA) is 24.5 Å². The van der Waals surface area contributed by atoms with Crippen LogP contribution in [-0.2, 0) is 4.74 Å². The van der Waals surface area contributed by atoms with Gasteiger partial charge in [0, 0.05) is 32.2 Å². The molecular weight excluding hydrogens is 176 g/mol. The molecule has 2 aliphatic heterocycles. The van der Waals surface area contributed by atoms with Crippen molar-refractivity contribution < 1.29 is 4.74 Å². The van der Waals surface area contributed by atoms with E-state index in [1.165, 1.54) is 13.0 Å². The first-order valence-electron chi connectivity index (χ1n) is 5.67. The molecule has 0 aromatic heterocycles. The second kappa shape index (κ2) is 3.80. The number of nitrogens with one attached hydrogen (secondary N) is 1. The van der Waals surface area contributed by atoms with E-state index in [1.807, 2.05) is 0 Å². The van der Waals surface area contributed by atoms with Crippen LogP contribution in [0.2, 0.25) is 0 Å². The first-order valence-corrected chi connectivity index (χ1v) is 5.67. The predicted molar refractivity (Wildman–Crippen MR) is 57.5 cm³/mol. The number of hydrogen-bond acceptors (Lipinski definition) is 3. The van der Waals surface area contributed by atoms with Gasteiger partial charge < -0.3 is 10.1 Å². The molecule has 2 fully saturated rings. The number of piperazine rings is 1. The summed E-state index contributed by atoms with van der Waals surface area (Å²) >= 11 is 0. The van der Waals surface area contributed by atoms with E-state index in [9.17, 15) is 0 Å². The highest BCUT2D eigenvalue weighted by Gasteiger charge is 2.35. The first-order chi connectivity index (χ1) is 6.54. The Kier molecular flexibility index (Phi) is 2.82. The second-order valence-corrected chi connectivity index (χ2v) is 5.44. The van der Waals surface area contributed by atoms with Crippen molar-refractivity contribution >= 4 is 0 Å². The largest absolute Gasteiger partial charge is 0.371 e. The number of ether oxygens (including phenoxy) is 1. The van der Waals surface area contributed by atoms with Gasteiger partial charge in [-0.15, -0.1) is 0 Å². The van der Waals surface area contributed by atoms with Crippen LogP contribution in [0.15, 0.2) is 0 Å². The monoisotopic (exact) mass is 198 g/mol. The van der Waals surface area contributed by atoms with E-state index in [2.05, 4.69) is 31.0 Å². The number of rotatable bonds is 1. The Hall–Kier alpha value is -0.120. The second-order valence-electron chi connectivity index (χ2n) is 5.44. The zero-order chi connectivity index (χ0) is 10.2. The summed E-state index contributed by atoms with van der Waals surface area (Å²) in [6.45, 7) is 11.0. The van der Waals surface area contributed by atoms with Gasteiger partial charge in [-0.2, -0.15) is 0 Å². The molecule has 0 aliphatic carbocycles. The minimum absolute atomic E-state index is 0.00666. The lowest BCUT2D eigenvalue weighted by molar-refractivity contribution is -0.0538. The van der Waals surface area contributed by atoms with Gasteiger partial charge in [0.1, 0.15) is 0 Å². The van der Waals surface area contributed by atoms with Crippen molar-refractivity contribution in [1.29, 1.82) is 0 Å². The first kappa shape index (κ1) is 10.4. The molecule has 1 N–H and O–H groups in total. The third kappa shape index (κ3) is 2.47. The van der Waals surface area contributed by atoms with Crippen molar-refractivity contribution in [2.45, 2.75) is 44.9 Å². The summed E-state index contributed by atoms with van der Waals surface area (Å²) in [6, 6.07) is 0.719. The molecule has 0 aromatic carbocycles. The zero-order valence-electron chi connectivity index (χ0n) is 9.55. The molecule has 82 valence electrons. The molecule has 2 rings (SSSR count). The van der Waals surface area contributed by atoms with Crippen molar-refractivity contribution in [2.75, 3.05) is 26.2 Å². The molecule has 2 saturated heterocycles. The Bertz CT molecular complexity index is 186. The molecule has 3 heteroatoms. The maximum atomic E-state index is 6.02. The Morgan fingerprint density at radius 3 is 2.79 bits per heavy atom. The van der Waals surface area contributed by atoms with Gasteiger partial charge in [0.2, 0.25) is 0 Å². The summed E-state index contributed by atoms with van der Waals surface area (Å²) in [6.07, 6.45) is 1.64. The van der Waals surface area contributed by atoms with E-state index in [-0.39, 0.29) is 5.60 Å². The predicted octanol–water partition coefficient (Wildman–Crippen LogP) is 0.848. The van der Waals surface area contributed by atoms with Crippen LogP contribution in [0, 0.1) is 0 Å². The highest BCUT2D eigenvalue weighted by molar-refractivity contribution is 4.91. The number of nitrogens with zero attached hydrogens (tertiary/aromatic N) is 1.